The number of amides is 2. The Morgan fingerprint density at radius 2 is 1.67 bits per heavy atom. The molecule has 5 heteroatoms. The lowest BCUT2D eigenvalue weighted by Gasteiger charge is -2.32. The van der Waals surface area contributed by atoms with Crippen LogP contribution in [-0.2, 0) is 14.3 Å². The summed E-state index contributed by atoms with van der Waals surface area (Å²) in [5, 5.41) is 3.07. The first-order chi connectivity index (χ1) is 12.8. The maximum Gasteiger partial charge on any atom is 0.245 e. The van der Waals surface area contributed by atoms with Crippen molar-refractivity contribution in [1.29, 1.82) is 0 Å². The fraction of sp³-hybridized carbons (Fsp3) is 0.636. The first-order valence-corrected chi connectivity index (χ1v) is 10.0. The van der Waals surface area contributed by atoms with Gasteiger partial charge in [0, 0.05) is 13.1 Å². The molecule has 0 spiro atoms. The minimum absolute atomic E-state index is 0.00626. The summed E-state index contributed by atoms with van der Waals surface area (Å²) in [5.74, 6) is 0.133. The molecule has 2 amide bonds. The van der Waals surface area contributed by atoms with Crippen LogP contribution >= 0.6 is 0 Å². The topological polar surface area (TPSA) is 58.6 Å². The van der Waals surface area contributed by atoms with Crippen molar-refractivity contribution in [2.24, 2.45) is 11.8 Å². The number of nitrogens with zero attached hydrogens (tertiary/aromatic N) is 1. The van der Waals surface area contributed by atoms with Crippen molar-refractivity contribution in [2.45, 2.75) is 53.0 Å². The van der Waals surface area contributed by atoms with Crippen LogP contribution in [0.3, 0.4) is 0 Å². The standard InChI is InChI=1S/C22H34N2O3/c1-15(2)14-19(22(26)24-10-12-27-13-11-24)23-21(25)20(16(3)4)18-8-6-17(5)7-9-18/h6-9,15-16,19-20H,10-14H2,1-5H3,(H,23,25)/t19-,20?/m0/s1. The molecule has 0 aliphatic carbocycles. The van der Waals surface area contributed by atoms with Gasteiger partial charge in [-0.05, 0) is 30.7 Å². The van der Waals surface area contributed by atoms with Crippen LogP contribution in [-0.4, -0.2) is 49.1 Å². The second-order valence-electron chi connectivity index (χ2n) is 8.26. The summed E-state index contributed by atoms with van der Waals surface area (Å²) in [5.41, 5.74) is 2.16. The summed E-state index contributed by atoms with van der Waals surface area (Å²) < 4.78 is 5.35. The number of ether oxygens (including phenoxy) is 1. The Labute approximate surface area is 163 Å². The number of hydrogen-bond donors (Lipinski definition) is 1. The predicted octanol–water partition coefficient (Wildman–Crippen LogP) is 3.12. The minimum Gasteiger partial charge on any atom is -0.378 e. The van der Waals surface area contributed by atoms with Gasteiger partial charge in [0.1, 0.15) is 6.04 Å². The largest absolute Gasteiger partial charge is 0.378 e. The zero-order valence-electron chi connectivity index (χ0n) is 17.3. The lowest BCUT2D eigenvalue weighted by molar-refractivity contribution is -0.140. The Balaban J connectivity index is 2.16. The third kappa shape index (κ3) is 6.06. The molecule has 1 N–H and O–H groups in total. The smallest absolute Gasteiger partial charge is 0.245 e. The molecular weight excluding hydrogens is 340 g/mol. The molecular formula is C22H34N2O3. The Kier molecular flexibility index (Phi) is 7.84. The van der Waals surface area contributed by atoms with E-state index in [4.69, 9.17) is 4.74 Å². The fourth-order valence-electron chi connectivity index (χ4n) is 3.57. The Morgan fingerprint density at radius 3 is 2.19 bits per heavy atom. The van der Waals surface area contributed by atoms with Crippen molar-refractivity contribution in [2.75, 3.05) is 26.3 Å². The summed E-state index contributed by atoms with van der Waals surface area (Å²) in [6.45, 7) is 12.6. The van der Waals surface area contributed by atoms with Gasteiger partial charge in [0.25, 0.3) is 0 Å². The minimum atomic E-state index is -0.484. The molecule has 1 aromatic carbocycles. The first-order valence-electron chi connectivity index (χ1n) is 10.0. The van der Waals surface area contributed by atoms with E-state index in [1.54, 1.807) is 0 Å². The fourth-order valence-corrected chi connectivity index (χ4v) is 3.57. The van der Waals surface area contributed by atoms with Gasteiger partial charge in [0.2, 0.25) is 11.8 Å². The molecule has 5 nitrogen and oxygen atoms in total. The normalized spacial score (nSPS) is 17.1. The highest BCUT2D eigenvalue weighted by atomic mass is 16.5. The van der Waals surface area contributed by atoms with Gasteiger partial charge in [-0.3, -0.25) is 9.59 Å². The average molecular weight is 375 g/mol. The number of carbonyl (C=O) groups excluding carboxylic acids is 2. The van der Waals surface area contributed by atoms with E-state index in [1.807, 2.05) is 49.9 Å². The highest BCUT2D eigenvalue weighted by molar-refractivity contribution is 5.90. The van der Waals surface area contributed by atoms with Crippen LogP contribution in [0, 0.1) is 18.8 Å². The van der Waals surface area contributed by atoms with Crippen LogP contribution in [0.2, 0.25) is 0 Å². The average Bonchev–Trinajstić information content (AvgIpc) is 2.62. The maximum absolute atomic E-state index is 13.1. The van der Waals surface area contributed by atoms with Crippen LogP contribution < -0.4 is 5.32 Å². The molecule has 0 aromatic heterocycles. The molecule has 27 heavy (non-hydrogen) atoms. The molecule has 1 fully saturated rings. The van der Waals surface area contributed by atoms with E-state index in [0.717, 1.165) is 5.56 Å². The molecule has 1 heterocycles. The number of hydrogen-bond acceptors (Lipinski definition) is 3. The van der Waals surface area contributed by atoms with Crippen molar-refractivity contribution >= 4 is 11.8 Å². The first kappa shape index (κ1) is 21.4. The van der Waals surface area contributed by atoms with Crippen LogP contribution in [0.25, 0.3) is 0 Å². The van der Waals surface area contributed by atoms with Gasteiger partial charge in [0.15, 0.2) is 0 Å². The molecule has 0 bridgehead atoms. The number of carbonyl (C=O) groups is 2. The van der Waals surface area contributed by atoms with E-state index in [-0.39, 0.29) is 23.7 Å². The molecule has 1 aromatic rings. The van der Waals surface area contributed by atoms with Crippen molar-refractivity contribution < 1.29 is 14.3 Å². The van der Waals surface area contributed by atoms with Crippen molar-refractivity contribution in [3.8, 4) is 0 Å². The van der Waals surface area contributed by atoms with Gasteiger partial charge in [-0.15, -0.1) is 0 Å². The van der Waals surface area contributed by atoms with Crippen LogP contribution in [0.1, 0.15) is 51.2 Å². The molecule has 1 saturated heterocycles. The van der Waals surface area contributed by atoms with Gasteiger partial charge in [0.05, 0.1) is 19.1 Å². The molecule has 1 aliphatic rings. The molecule has 2 rings (SSSR count). The van der Waals surface area contributed by atoms with Gasteiger partial charge < -0.3 is 15.0 Å². The third-order valence-corrected chi connectivity index (χ3v) is 5.03. The number of morpholine rings is 1. The summed E-state index contributed by atoms with van der Waals surface area (Å²) in [7, 11) is 0. The number of rotatable bonds is 7. The zero-order chi connectivity index (χ0) is 20.0. The molecule has 1 unspecified atom stereocenters. The lowest BCUT2D eigenvalue weighted by atomic mass is 9.86. The maximum atomic E-state index is 13.1. The Bertz CT molecular complexity index is 619. The predicted molar refractivity (Wildman–Crippen MR) is 108 cm³/mol. The van der Waals surface area contributed by atoms with E-state index in [2.05, 4.69) is 19.2 Å². The second-order valence-corrected chi connectivity index (χ2v) is 8.26. The van der Waals surface area contributed by atoms with E-state index >= 15 is 0 Å². The Morgan fingerprint density at radius 1 is 1.07 bits per heavy atom. The molecule has 0 radical (unpaired) electrons. The summed E-state index contributed by atoms with van der Waals surface area (Å²) >= 11 is 0. The van der Waals surface area contributed by atoms with Crippen molar-refractivity contribution in [1.82, 2.24) is 10.2 Å². The molecule has 150 valence electrons. The summed E-state index contributed by atoms with van der Waals surface area (Å²) in [6.07, 6.45) is 0.640. The van der Waals surface area contributed by atoms with Gasteiger partial charge >= 0.3 is 0 Å². The van der Waals surface area contributed by atoms with E-state index < -0.39 is 6.04 Å². The van der Waals surface area contributed by atoms with Gasteiger partial charge in [-0.2, -0.15) is 0 Å². The highest BCUT2D eigenvalue weighted by Gasteiger charge is 2.31. The van der Waals surface area contributed by atoms with Gasteiger partial charge in [-0.25, -0.2) is 0 Å². The molecule has 2 atom stereocenters. The molecule has 1 aliphatic heterocycles. The number of nitrogens with one attached hydrogen (secondary N) is 1. The van der Waals surface area contributed by atoms with E-state index in [9.17, 15) is 9.59 Å². The Hall–Kier alpha value is -1.88. The monoisotopic (exact) mass is 374 g/mol. The SMILES string of the molecule is Cc1ccc(C(C(=O)N[C@@H](CC(C)C)C(=O)N2CCOCC2)C(C)C)cc1. The lowest BCUT2D eigenvalue weighted by Crippen LogP contribution is -2.53. The highest BCUT2D eigenvalue weighted by Crippen LogP contribution is 2.25. The quantitative estimate of drug-likeness (QED) is 0.798. The van der Waals surface area contributed by atoms with E-state index in [1.165, 1.54) is 5.56 Å². The van der Waals surface area contributed by atoms with Gasteiger partial charge in [-0.1, -0.05) is 57.5 Å². The third-order valence-electron chi connectivity index (χ3n) is 5.03. The molecule has 0 saturated carbocycles. The number of benzene rings is 1. The van der Waals surface area contributed by atoms with Crippen molar-refractivity contribution in [3.05, 3.63) is 35.4 Å². The zero-order valence-corrected chi connectivity index (χ0v) is 17.3. The van der Waals surface area contributed by atoms with Crippen molar-refractivity contribution in [3.63, 3.8) is 0 Å². The summed E-state index contributed by atoms with van der Waals surface area (Å²) in [6, 6.07) is 7.61. The second kappa shape index (κ2) is 9.88. The van der Waals surface area contributed by atoms with Crippen LogP contribution in [0.5, 0.6) is 0 Å². The van der Waals surface area contributed by atoms with Crippen LogP contribution in [0.15, 0.2) is 24.3 Å². The number of aryl methyl sites for hydroxylation is 1. The van der Waals surface area contributed by atoms with E-state index in [0.29, 0.717) is 38.6 Å². The summed E-state index contributed by atoms with van der Waals surface area (Å²) in [4.78, 5) is 28.0. The van der Waals surface area contributed by atoms with Crippen LogP contribution in [0.4, 0.5) is 0 Å².